The molecular weight excluding hydrogens is 331 g/mol. The number of carbonyl (C=O) groups is 1. The maximum absolute atomic E-state index is 12.3. The van der Waals surface area contributed by atoms with E-state index in [0.29, 0.717) is 5.49 Å². The van der Waals surface area contributed by atoms with E-state index in [1.54, 1.807) is 0 Å². The van der Waals surface area contributed by atoms with E-state index < -0.39 is 19.4 Å². The summed E-state index contributed by atoms with van der Waals surface area (Å²) < 4.78 is 12.3. The fourth-order valence-corrected chi connectivity index (χ4v) is 6.18. The highest BCUT2D eigenvalue weighted by Gasteiger charge is 2.40. The van der Waals surface area contributed by atoms with Crippen molar-refractivity contribution in [3.05, 3.63) is 30.3 Å². The zero-order valence-electron chi connectivity index (χ0n) is 13.2. The Hall–Kier alpha value is -0.770. The van der Waals surface area contributed by atoms with Crippen LogP contribution < -0.4 is 0 Å². The maximum Gasteiger partial charge on any atom is 0.336 e. The Labute approximate surface area is 142 Å². The molecule has 0 radical (unpaired) electrons. The molecule has 23 heavy (non-hydrogen) atoms. The lowest BCUT2D eigenvalue weighted by Crippen LogP contribution is -2.43. The summed E-state index contributed by atoms with van der Waals surface area (Å²) >= 11 is 1.46. The van der Waals surface area contributed by atoms with Gasteiger partial charge in [-0.3, -0.25) is 0 Å². The molecule has 2 unspecified atom stereocenters. The van der Waals surface area contributed by atoms with E-state index in [-0.39, 0.29) is 18.5 Å². The van der Waals surface area contributed by atoms with Gasteiger partial charge in [-0.2, -0.15) is 0 Å². The molecule has 2 atom stereocenters. The monoisotopic (exact) mass is 356 g/mol. The Morgan fingerprint density at radius 1 is 1.22 bits per heavy atom. The minimum atomic E-state index is -2.16. The third-order valence-corrected chi connectivity index (χ3v) is 7.83. The first-order valence-electron chi connectivity index (χ1n) is 8.15. The zero-order chi connectivity index (χ0) is 16.7. The van der Waals surface area contributed by atoms with Crippen molar-refractivity contribution in [2.24, 2.45) is 5.92 Å². The third kappa shape index (κ3) is 5.98. The van der Waals surface area contributed by atoms with Crippen LogP contribution in [0, 0.1) is 5.92 Å². The second-order valence-corrected chi connectivity index (χ2v) is 9.71. The minimum Gasteiger partial charge on any atom is -0.479 e. The number of carboxylic acid groups (broad SMARTS) is 1. The van der Waals surface area contributed by atoms with Crippen molar-refractivity contribution in [2.75, 3.05) is 11.7 Å². The lowest BCUT2D eigenvalue weighted by molar-refractivity contribution is -0.158. The highest BCUT2D eigenvalue weighted by Crippen LogP contribution is 2.38. The number of aliphatic carboxylic acids is 1. The maximum atomic E-state index is 12.3. The van der Waals surface area contributed by atoms with Crippen molar-refractivity contribution in [2.45, 2.75) is 49.0 Å². The fourth-order valence-electron chi connectivity index (χ4n) is 3.16. The second-order valence-electron chi connectivity index (χ2n) is 6.36. The number of aliphatic hydroxyl groups is 1. The Kier molecular flexibility index (Phi) is 7.19. The Morgan fingerprint density at radius 2 is 1.87 bits per heavy atom. The molecular formula is C17H25O4PS. The first kappa shape index (κ1) is 18.6. The molecule has 2 rings (SSSR count). The number of thioether (sulfide) groups is 1. The van der Waals surface area contributed by atoms with Crippen LogP contribution >= 0.6 is 19.6 Å². The van der Waals surface area contributed by atoms with E-state index >= 15 is 0 Å². The zero-order valence-corrected chi connectivity index (χ0v) is 15.1. The van der Waals surface area contributed by atoms with E-state index in [1.165, 1.54) is 18.2 Å². The van der Waals surface area contributed by atoms with Crippen molar-refractivity contribution in [3.63, 3.8) is 0 Å². The normalized spacial score (nSPS) is 19.9. The molecule has 0 amide bonds. The Bertz CT molecular complexity index is 531. The summed E-state index contributed by atoms with van der Waals surface area (Å²) in [7, 11) is -2.16. The van der Waals surface area contributed by atoms with Gasteiger partial charge in [0.1, 0.15) is 0 Å². The molecule has 4 nitrogen and oxygen atoms in total. The largest absolute Gasteiger partial charge is 0.479 e. The summed E-state index contributed by atoms with van der Waals surface area (Å²) in [6.45, 7) is 0. The van der Waals surface area contributed by atoms with E-state index in [2.05, 4.69) is 0 Å². The van der Waals surface area contributed by atoms with Crippen LogP contribution in [0.1, 0.15) is 38.5 Å². The van der Waals surface area contributed by atoms with Gasteiger partial charge in [-0.05, 0) is 24.5 Å². The van der Waals surface area contributed by atoms with Crippen molar-refractivity contribution < 1.29 is 19.6 Å². The molecule has 0 saturated heterocycles. The summed E-state index contributed by atoms with van der Waals surface area (Å²) in [6, 6.07) is 9.61. The van der Waals surface area contributed by atoms with Gasteiger partial charge in [-0.25, -0.2) is 4.79 Å². The molecule has 128 valence electrons. The summed E-state index contributed by atoms with van der Waals surface area (Å²) in [6.07, 6.45) is 5.42. The van der Waals surface area contributed by atoms with Gasteiger partial charge >= 0.3 is 5.97 Å². The van der Waals surface area contributed by atoms with Gasteiger partial charge in [0, 0.05) is 16.6 Å². The van der Waals surface area contributed by atoms with Gasteiger partial charge < -0.3 is 14.8 Å². The topological polar surface area (TPSA) is 74.6 Å². The fraction of sp³-hybridized carbons (Fsp3) is 0.588. The average Bonchev–Trinajstić information content (AvgIpc) is 2.54. The molecule has 0 spiro atoms. The molecule has 6 heteroatoms. The van der Waals surface area contributed by atoms with Crippen molar-refractivity contribution in [3.8, 4) is 0 Å². The number of rotatable bonds is 8. The van der Waals surface area contributed by atoms with Crippen LogP contribution in [0.2, 0.25) is 0 Å². The summed E-state index contributed by atoms with van der Waals surface area (Å²) in [5, 5.41) is 19.9. The van der Waals surface area contributed by atoms with Gasteiger partial charge in [0.15, 0.2) is 5.60 Å². The quantitative estimate of drug-likeness (QED) is 0.542. The number of carboxylic acids is 1. The lowest BCUT2D eigenvalue weighted by Gasteiger charge is -2.30. The molecule has 1 fully saturated rings. The van der Waals surface area contributed by atoms with Crippen LogP contribution in [-0.4, -0.2) is 33.4 Å². The molecule has 1 aliphatic rings. The van der Waals surface area contributed by atoms with Crippen LogP contribution in [0.15, 0.2) is 35.2 Å². The molecule has 0 aliphatic heterocycles. The van der Waals surface area contributed by atoms with E-state index in [0.717, 1.165) is 30.6 Å². The third-order valence-electron chi connectivity index (χ3n) is 4.38. The summed E-state index contributed by atoms with van der Waals surface area (Å²) in [4.78, 5) is 12.5. The smallest absolute Gasteiger partial charge is 0.336 e. The van der Waals surface area contributed by atoms with Gasteiger partial charge in [-0.15, -0.1) is 11.8 Å². The van der Waals surface area contributed by atoms with Crippen molar-refractivity contribution in [1.82, 2.24) is 0 Å². The standard InChI is InChI=1S/C17H25O4PS/c18-16(19)17(20,11-14-7-3-1-4-8-14)12-22(21)13-23-15-9-5-2-6-10-15/h2,5-6,9-10,14,20,22H,1,3-4,7-8,11-13H2,(H,18,19). The number of hydrogen-bond acceptors (Lipinski definition) is 4. The van der Waals surface area contributed by atoms with E-state index in [4.69, 9.17) is 0 Å². The first-order valence-corrected chi connectivity index (χ1v) is 11.0. The van der Waals surface area contributed by atoms with Crippen molar-refractivity contribution >= 4 is 25.5 Å². The van der Waals surface area contributed by atoms with E-state index in [9.17, 15) is 19.6 Å². The summed E-state index contributed by atoms with van der Waals surface area (Å²) in [5.41, 5.74) is -1.47. The van der Waals surface area contributed by atoms with Gasteiger partial charge in [0.25, 0.3) is 0 Å². The predicted molar refractivity (Wildman–Crippen MR) is 94.8 cm³/mol. The molecule has 1 aromatic rings. The molecule has 0 heterocycles. The molecule has 1 aromatic carbocycles. The Balaban J connectivity index is 1.89. The van der Waals surface area contributed by atoms with Gasteiger partial charge in [0.05, 0.1) is 7.80 Å². The van der Waals surface area contributed by atoms with Gasteiger partial charge in [0.2, 0.25) is 0 Å². The van der Waals surface area contributed by atoms with Gasteiger partial charge in [-0.1, -0.05) is 50.3 Å². The van der Waals surface area contributed by atoms with Crippen LogP contribution in [0.25, 0.3) is 0 Å². The summed E-state index contributed by atoms with van der Waals surface area (Å²) in [5.74, 6) is -0.993. The first-order chi connectivity index (χ1) is 11.0. The molecule has 1 aliphatic carbocycles. The Morgan fingerprint density at radius 3 is 2.48 bits per heavy atom. The van der Waals surface area contributed by atoms with Crippen LogP contribution in [-0.2, 0) is 9.36 Å². The molecule has 0 aromatic heterocycles. The van der Waals surface area contributed by atoms with Crippen molar-refractivity contribution in [1.29, 1.82) is 0 Å². The predicted octanol–water partition coefficient (Wildman–Crippen LogP) is 4.08. The minimum absolute atomic E-state index is 0.122. The van der Waals surface area contributed by atoms with Crippen LogP contribution in [0.4, 0.5) is 0 Å². The SMILES string of the molecule is O=C(O)C(O)(CC1CCCCC1)C[PH](=O)CSc1ccccc1. The van der Waals surface area contributed by atoms with E-state index in [1.807, 2.05) is 30.3 Å². The number of benzene rings is 1. The average molecular weight is 356 g/mol. The lowest BCUT2D eigenvalue weighted by atomic mass is 9.81. The second kappa shape index (κ2) is 8.91. The van der Waals surface area contributed by atoms with Crippen LogP contribution in [0.5, 0.6) is 0 Å². The molecule has 0 bridgehead atoms. The molecule has 1 saturated carbocycles. The highest BCUT2D eigenvalue weighted by atomic mass is 32.2. The highest BCUT2D eigenvalue weighted by molar-refractivity contribution is 8.03. The number of hydrogen-bond donors (Lipinski definition) is 2. The molecule has 2 N–H and O–H groups in total. The van der Waals surface area contributed by atoms with Crippen LogP contribution in [0.3, 0.4) is 0 Å².